The molecule has 0 aliphatic carbocycles. The Morgan fingerprint density at radius 1 is 0.388 bits per heavy atom. The van der Waals surface area contributed by atoms with Gasteiger partial charge in [-0.15, -0.1) is 0 Å². The average molecular weight is 626 g/mol. The van der Waals surface area contributed by atoms with E-state index in [2.05, 4.69) is 156 Å². The van der Waals surface area contributed by atoms with Gasteiger partial charge in [-0.1, -0.05) is 103 Å². The second-order valence-corrected chi connectivity index (χ2v) is 12.9. The van der Waals surface area contributed by atoms with Gasteiger partial charge in [0, 0.05) is 32.6 Å². The quantitative estimate of drug-likeness (QED) is 0.183. The highest BCUT2D eigenvalue weighted by Gasteiger charge is 2.20. The van der Waals surface area contributed by atoms with Crippen LogP contribution in [-0.2, 0) is 0 Å². The number of nitrogens with zero attached hydrogens (tertiary/aromatic N) is 1. The predicted octanol–water partition coefficient (Wildman–Crippen LogP) is 13.1. The smallest absolute Gasteiger partial charge is 0.178 e. The third-order valence-electron chi connectivity index (χ3n) is 10.3. The second-order valence-electron chi connectivity index (χ2n) is 12.9. The number of benzene rings is 8. The summed E-state index contributed by atoms with van der Waals surface area (Å²) in [6.07, 6.45) is 1.72. The molecule has 0 fully saturated rings. The molecule has 3 nitrogen and oxygen atoms in total. The average Bonchev–Trinajstić information content (AvgIpc) is 3.88. The first kappa shape index (κ1) is 26.5. The molecule has 0 bridgehead atoms. The Kier molecular flexibility index (Phi) is 5.38. The fraction of sp³-hybridized carbons (Fsp3) is 0. The van der Waals surface area contributed by atoms with Crippen LogP contribution in [0.1, 0.15) is 0 Å². The first-order valence-electron chi connectivity index (χ1n) is 16.7. The van der Waals surface area contributed by atoms with Crippen molar-refractivity contribution in [3.05, 3.63) is 164 Å². The van der Waals surface area contributed by atoms with E-state index in [4.69, 9.17) is 8.83 Å². The minimum absolute atomic E-state index is 0.791. The molecule has 228 valence electrons. The summed E-state index contributed by atoms with van der Waals surface area (Å²) in [5, 5.41) is 10.6. The van der Waals surface area contributed by atoms with Gasteiger partial charge in [-0.2, -0.15) is 0 Å². The lowest BCUT2D eigenvalue weighted by Gasteiger charge is -2.18. The Balaban J connectivity index is 1.19. The standard InChI is InChI=1S/C46H27NO2/c1-2-10-31(11-3-1)47-40-17-9-8-12-32(40)38-26-29(19-22-41(38)47)43-33-13-4-6-15-35(33)44(36-16-7-5-14-34(36)43)30-20-23-42-39(27-30)37-21-18-28-24-25-48-45(28)46(37)49-42/h1-27H. The van der Waals surface area contributed by atoms with Gasteiger partial charge >= 0.3 is 0 Å². The van der Waals surface area contributed by atoms with E-state index in [1.54, 1.807) is 6.26 Å². The minimum atomic E-state index is 0.791. The topological polar surface area (TPSA) is 31.2 Å². The fourth-order valence-electron chi connectivity index (χ4n) is 8.15. The van der Waals surface area contributed by atoms with E-state index in [0.717, 1.165) is 44.2 Å². The Morgan fingerprint density at radius 3 is 1.69 bits per heavy atom. The van der Waals surface area contributed by atoms with Gasteiger partial charge in [0.2, 0.25) is 0 Å². The molecule has 3 aromatic heterocycles. The fourth-order valence-corrected chi connectivity index (χ4v) is 8.15. The molecule has 0 amide bonds. The number of fused-ring (bicyclic) bond motifs is 10. The molecule has 0 spiro atoms. The normalized spacial score (nSPS) is 12.1. The van der Waals surface area contributed by atoms with Crippen LogP contribution < -0.4 is 0 Å². The van der Waals surface area contributed by atoms with Crippen LogP contribution in [0.15, 0.2) is 173 Å². The highest BCUT2D eigenvalue weighted by molar-refractivity contribution is 6.23. The van der Waals surface area contributed by atoms with Crippen molar-refractivity contribution in [1.82, 2.24) is 4.57 Å². The number of para-hydroxylation sites is 2. The first-order valence-corrected chi connectivity index (χ1v) is 16.7. The molecule has 0 unspecified atom stereocenters. The van der Waals surface area contributed by atoms with Crippen LogP contribution in [0.2, 0.25) is 0 Å². The monoisotopic (exact) mass is 625 g/mol. The zero-order valence-electron chi connectivity index (χ0n) is 26.4. The molecule has 0 N–H and O–H groups in total. The van der Waals surface area contributed by atoms with Crippen LogP contribution in [0.4, 0.5) is 0 Å². The lowest BCUT2D eigenvalue weighted by atomic mass is 9.85. The van der Waals surface area contributed by atoms with Crippen molar-refractivity contribution in [2.45, 2.75) is 0 Å². The molecule has 49 heavy (non-hydrogen) atoms. The number of furan rings is 2. The van der Waals surface area contributed by atoms with E-state index in [1.165, 1.54) is 60.0 Å². The van der Waals surface area contributed by atoms with Crippen LogP contribution in [0.25, 0.3) is 104 Å². The van der Waals surface area contributed by atoms with Gasteiger partial charge in [-0.05, 0) is 98.4 Å². The van der Waals surface area contributed by atoms with Crippen molar-refractivity contribution in [3.8, 4) is 27.9 Å². The van der Waals surface area contributed by atoms with Crippen molar-refractivity contribution in [2.24, 2.45) is 0 Å². The van der Waals surface area contributed by atoms with Crippen molar-refractivity contribution >= 4 is 76.3 Å². The summed E-state index contributed by atoms with van der Waals surface area (Å²) in [7, 11) is 0. The lowest BCUT2D eigenvalue weighted by molar-refractivity contribution is 0.600. The summed E-state index contributed by atoms with van der Waals surface area (Å²) in [6.45, 7) is 0. The SMILES string of the molecule is c1ccc(-n2c3ccccc3c3cc(-c4c5ccccc5c(-c5ccc6oc7c(ccc8ccoc87)c6c5)c5ccccc45)ccc32)cc1. The van der Waals surface area contributed by atoms with E-state index in [1.807, 2.05) is 6.07 Å². The molecule has 0 aliphatic rings. The molecular formula is C46H27NO2. The number of hydrogen-bond donors (Lipinski definition) is 0. The molecule has 0 saturated carbocycles. The molecule has 11 rings (SSSR count). The molecule has 3 heterocycles. The molecule has 11 aromatic rings. The zero-order valence-corrected chi connectivity index (χ0v) is 26.4. The van der Waals surface area contributed by atoms with Crippen LogP contribution in [-0.4, -0.2) is 4.57 Å². The van der Waals surface area contributed by atoms with Crippen LogP contribution in [0.3, 0.4) is 0 Å². The van der Waals surface area contributed by atoms with E-state index in [-0.39, 0.29) is 0 Å². The number of aromatic nitrogens is 1. The summed E-state index contributed by atoms with van der Waals surface area (Å²) in [4.78, 5) is 0. The Hall–Kier alpha value is -6.58. The predicted molar refractivity (Wildman–Crippen MR) is 204 cm³/mol. The van der Waals surface area contributed by atoms with Gasteiger partial charge in [0.25, 0.3) is 0 Å². The van der Waals surface area contributed by atoms with Crippen molar-refractivity contribution < 1.29 is 8.83 Å². The Labute approximate surface area is 280 Å². The van der Waals surface area contributed by atoms with Gasteiger partial charge in [0.1, 0.15) is 5.58 Å². The van der Waals surface area contributed by atoms with E-state index >= 15 is 0 Å². The third kappa shape index (κ3) is 3.73. The summed E-state index contributed by atoms with van der Waals surface area (Å²) < 4.78 is 14.6. The van der Waals surface area contributed by atoms with E-state index in [9.17, 15) is 0 Å². The maximum Gasteiger partial charge on any atom is 0.178 e. The van der Waals surface area contributed by atoms with Gasteiger partial charge in [-0.3, -0.25) is 0 Å². The maximum absolute atomic E-state index is 6.37. The minimum Gasteiger partial charge on any atom is -0.460 e. The summed E-state index contributed by atoms with van der Waals surface area (Å²) in [5.74, 6) is 0. The van der Waals surface area contributed by atoms with Crippen molar-refractivity contribution in [2.75, 3.05) is 0 Å². The summed E-state index contributed by atoms with van der Waals surface area (Å²) in [6, 6.07) is 56.9. The highest BCUT2D eigenvalue weighted by atomic mass is 16.4. The van der Waals surface area contributed by atoms with Gasteiger partial charge in [0.05, 0.1) is 17.3 Å². The summed E-state index contributed by atoms with van der Waals surface area (Å²) in [5.41, 5.74) is 10.9. The van der Waals surface area contributed by atoms with Gasteiger partial charge in [0.15, 0.2) is 11.2 Å². The summed E-state index contributed by atoms with van der Waals surface area (Å²) >= 11 is 0. The van der Waals surface area contributed by atoms with Crippen molar-refractivity contribution in [1.29, 1.82) is 0 Å². The number of hydrogen-bond acceptors (Lipinski definition) is 2. The maximum atomic E-state index is 6.37. The third-order valence-corrected chi connectivity index (χ3v) is 10.3. The van der Waals surface area contributed by atoms with Crippen LogP contribution >= 0.6 is 0 Å². The van der Waals surface area contributed by atoms with E-state index < -0.39 is 0 Å². The molecule has 0 aliphatic heterocycles. The molecule has 3 heteroatoms. The Bertz CT molecular complexity index is 3050. The molecular weight excluding hydrogens is 599 g/mol. The van der Waals surface area contributed by atoms with Crippen LogP contribution in [0.5, 0.6) is 0 Å². The van der Waals surface area contributed by atoms with Gasteiger partial charge in [-0.25, -0.2) is 0 Å². The molecule has 8 aromatic carbocycles. The lowest BCUT2D eigenvalue weighted by Crippen LogP contribution is -1.93. The second kappa shape index (κ2) is 9.96. The largest absolute Gasteiger partial charge is 0.460 e. The first-order chi connectivity index (χ1) is 24.3. The van der Waals surface area contributed by atoms with E-state index in [0.29, 0.717) is 0 Å². The number of rotatable bonds is 3. The highest BCUT2D eigenvalue weighted by Crippen LogP contribution is 2.46. The van der Waals surface area contributed by atoms with Gasteiger partial charge < -0.3 is 13.4 Å². The molecule has 0 radical (unpaired) electrons. The Morgan fingerprint density at radius 2 is 0.980 bits per heavy atom. The van der Waals surface area contributed by atoms with Crippen LogP contribution in [0, 0.1) is 0 Å². The molecule has 0 atom stereocenters. The van der Waals surface area contributed by atoms with Crippen molar-refractivity contribution in [3.63, 3.8) is 0 Å². The zero-order chi connectivity index (χ0) is 32.1. The molecule has 0 saturated heterocycles.